The van der Waals surface area contributed by atoms with Crippen molar-refractivity contribution in [2.45, 2.75) is 38.9 Å². The third-order valence-electron chi connectivity index (χ3n) is 3.00. The molecule has 1 N–H and O–H groups in total. The molecule has 1 aliphatic rings. The summed E-state index contributed by atoms with van der Waals surface area (Å²) in [5.41, 5.74) is 0. The number of nitrogens with zero attached hydrogens (tertiary/aromatic N) is 1. The summed E-state index contributed by atoms with van der Waals surface area (Å²) in [7, 11) is 1.88. The Morgan fingerprint density at radius 1 is 1.50 bits per heavy atom. The minimum absolute atomic E-state index is 0.00223. The van der Waals surface area contributed by atoms with Crippen molar-refractivity contribution < 1.29 is 4.79 Å². The van der Waals surface area contributed by atoms with E-state index in [1.165, 1.54) is 9.75 Å². The molecule has 2 rings (SSSR count). The summed E-state index contributed by atoms with van der Waals surface area (Å²) in [5, 5.41) is 3.41. The maximum absolute atomic E-state index is 12.0. The number of thiophene rings is 1. The summed E-state index contributed by atoms with van der Waals surface area (Å²) in [6.07, 6.45) is 2.03. The smallest absolute Gasteiger partial charge is 0.241 e. The molecule has 1 aliphatic heterocycles. The molecule has 0 radical (unpaired) electrons. The van der Waals surface area contributed by atoms with Crippen molar-refractivity contribution in [2.75, 3.05) is 7.05 Å². The molecule has 0 spiro atoms. The van der Waals surface area contributed by atoms with Crippen molar-refractivity contribution >= 4 is 17.2 Å². The van der Waals surface area contributed by atoms with Gasteiger partial charge in [-0.25, -0.2) is 0 Å². The minimum atomic E-state index is 0.00223. The van der Waals surface area contributed by atoms with Crippen molar-refractivity contribution in [3.63, 3.8) is 0 Å². The molecule has 2 heterocycles. The molecule has 0 aliphatic carbocycles. The zero-order valence-corrected chi connectivity index (χ0v) is 10.8. The van der Waals surface area contributed by atoms with Gasteiger partial charge in [0, 0.05) is 16.8 Å². The van der Waals surface area contributed by atoms with E-state index in [0.717, 1.165) is 12.8 Å². The second-order valence-electron chi connectivity index (χ2n) is 4.31. The van der Waals surface area contributed by atoms with Gasteiger partial charge in [-0.1, -0.05) is 13.3 Å². The van der Waals surface area contributed by atoms with Gasteiger partial charge in [-0.15, -0.1) is 11.3 Å². The van der Waals surface area contributed by atoms with Crippen LogP contribution in [0.4, 0.5) is 0 Å². The predicted octanol–water partition coefficient (Wildman–Crippen LogP) is 2.29. The maximum atomic E-state index is 12.0. The van der Waals surface area contributed by atoms with E-state index >= 15 is 0 Å². The number of likely N-dealkylation sites (N-methyl/N-ethyl adjacent to an activating group) is 1. The van der Waals surface area contributed by atoms with E-state index in [2.05, 4.69) is 31.3 Å². The summed E-state index contributed by atoms with van der Waals surface area (Å²) >= 11 is 1.75. The highest BCUT2D eigenvalue weighted by Crippen LogP contribution is 2.30. The molecule has 4 heteroatoms. The van der Waals surface area contributed by atoms with Crippen LogP contribution in [0.5, 0.6) is 0 Å². The number of hydrogen-bond donors (Lipinski definition) is 1. The van der Waals surface area contributed by atoms with Crippen LogP contribution in [-0.2, 0) is 4.79 Å². The van der Waals surface area contributed by atoms with Crippen molar-refractivity contribution in [3.8, 4) is 0 Å². The Kier molecular flexibility index (Phi) is 3.30. The lowest BCUT2D eigenvalue weighted by molar-refractivity contribution is -0.128. The molecule has 1 fully saturated rings. The summed E-state index contributed by atoms with van der Waals surface area (Å²) < 4.78 is 0. The Morgan fingerprint density at radius 3 is 2.81 bits per heavy atom. The highest BCUT2D eigenvalue weighted by atomic mass is 32.1. The van der Waals surface area contributed by atoms with Crippen LogP contribution in [0.3, 0.4) is 0 Å². The monoisotopic (exact) mass is 238 g/mol. The van der Waals surface area contributed by atoms with Gasteiger partial charge in [-0.05, 0) is 25.5 Å². The summed E-state index contributed by atoms with van der Waals surface area (Å²) in [6.45, 7) is 4.20. The molecular weight excluding hydrogens is 220 g/mol. The average molecular weight is 238 g/mol. The van der Waals surface area contributed by atoms with Crippen LogP contribution < -0.4 is 5.32 Å². The SMILES string of the molecule is CCCC1NC(c2ccc(C)s2)N(C)C1=O. The van der Waals surface area contributed by atoms with E-state index in [1.54, 1.807) is 11.3 Å². The van der Waals surface area contributed by atoms with E-state index in [0.29, 0.717) is 0 Å². The van der Waals surface area contributed by atoms with Gasteiger partial charge in [0.25, 0.3) is 0 Å². The molecule has 0 aromatic carbocycles. The first kappa shape index (κ1) is 11.6. The lowest BCUT2D eigenvalue weighted by Gasteiger charge is -2.17. The first-order valence-electron chi connectivity index (χ1n) is 5.72. The fourth-order valence-electron chi connectivity index (χ4n) is 2.12. The minimum Gasteiger partial charge on any atom is -0.324 e. The average Bonchev–Trinajstić information content (AvgIpc) is 2.78. The van der Waals surface area contributed by atoms with Crippen LogP contribution in [-0.4, -0.2) is 23.9 Å². The van der Waals surface area contributed by atoms with Gasteiger partial charge < -0.3 is 4.90 Å². The summed E-state index contributed by atoms with van der Waals surface area (Å²) in [6, 6.07) is 4.21. The fraction of sp³-hybridized carbons (Fsp3) is 0.583. The third-order valence-corrected chi connectivity index (χ3v) is 4.05. The molecule has 1 saturated heterocycles. The number of rotatable bonds is 3. The lowest BCUT2D eigenvalue weighted by atomic mass is 10.2. The quantitative estimate of drug-likeness (QED) is 0.876. The lowest BCUT2D eigenvalue weighted by Crippen LogP contribution is -2.28. The number of nitrogens with one attached hydrogen (secondary N) is 1. The Labute approximate surface area is 100 Å². The van der Waals surface area contributed by atoms with Gasteiger partial charge in [0.05, 0.1) is 6.04 Å². The van der Waals surface area contributed by atoms with Crippen LogP contribution in [0.15, 0.2) is 12.1 Å². The first-order valence-corrected chi connectivity index (χ1v) is 6.54. The Balaban J connectivity index is 2.15. The number of carbonyl (C=O) groups is 1. The molecule has 2 atom stereocenters. The maximum Gasteiger partial charge on any atom is 0.241 e. The highest BCUT2D eigenvalue weighted by molar-refractivity contribution is 7.12. The van der Waals surface area contributed by atoms with Gasteiger partial charge >= 0.3 is 0 Å². The predicted molar refractivity (Wildman–Crippen MR) is 66.4 cm³/mol. The van der Waals surface area contributed by atoms with E-state index < -0.39 is 0 Å². The highest BCUT2D eigenvalue weighted by Gasteiger charge is 2.36. The molecule has 1 aromatic rings. The van der Waals surface area contributed by atoms with E-state index in [4.69, 9.17) is 0 Å². The molecule has 88 valence electrons. The summed E-state index contributed by atoms with van der Waals surface area (Å²) in [4.78, 5) is 16.3. The first-order chi connectivity index (χ1) is 7.63. The zero-order chi connectivity index (χ0) is 11.7. The summed E-state index contributed by atoms with van der Waals surface area (Å²) in [5.74, 6) is 0.220. The third kappa shape index (κ3) is 1.99. The zero-order valence-electron chi connectivity index (χ0n) is 9.99. The van der Waals surface area contributed by atoms with Crippen LogP contribution in [0.1, 0.15) is 35.7 Å². The Morgan fingerprint density at radius 2 is 2.25 bits per heavy atom. The van der Waals surface area contributed by atoms with Gasteiger partial charge in [0.2, 0.25) is 5.91 Å². The topological polar surface area (TPSA) is 32.3 Å². The molecule has 0 saturated carbocycles. The Bertz CT molecular complexity index is 388. The number of carbonyl (C=O) groups excluding carboxylic acids is 1. The normalized spacial score (nSPS) is 25.4. The fourth-order valence-corrected chi connectivity index (χ4v) is 3.10. The Hall–Kier alpha value is -0.870. The van der Waals surface area contributed by atoms with Crippen LogP contribution in [0.2, 0.25) is 0 Å². The van der Waals surface area contributed by atoms with Crippen LogP contribution in [0, 0.1) is 6.92 Å². The molecular formula is C12H18N2OS. The van der Waals surface area contributed by atoms with Crippen molar-refractivity contribution in [2.24, 2.45) is 0 Å². The van der Waals surface area contributed by atoms with Crippen molar-refractivity contribution in [1.29, 1.82) is 0 Å². The molecule has 1 aromatic heterocycles. The molecule has 1 amide bonds. The number of amides is 1. The van der Waals surface area contributed by atoms with Gasteiger partial charge in [-0.3, -0.25) is 10.1 Å². The van der Waals surface area contributed by atoms with Gasteiger partial charge in [-0.2, -0.15) is 0 Å². The van der Waals surface area contributed by atoms with Gasteiger partial charge in [0.15, 0.2) is 0 Å². The standard InChI is InChI=1S/C12H18N2OS/c1-4-5-9-12(15)14(3)11(13-9)10-7-6-8(2)16-10/h6-7,9,11,13H,4-5H2,1-3H3. The van der Waals surface area contributed by atoms with E-state index in [9.17, 15) is 4.79 Å². The largest absolute Gasteiger partial charge is 0.324 e. The molecule has 0 bridgehead atoms. The second-order valence-corrected chi connectivity index (χ2v) is 5.63. The van der Waals surface area contributed by atoms with Crippen molar-refractivity contribution in [1.82, 2.24) is 10.2 Å². The second kappa shape index (κ2) is 4.55. The van der Waals surface area contributed by atoms with Crippen molar-refractivity contribution in [3.05, 3.63) is 21.9 Å². The molecule has 2 unspecified atom stereocenters. The van der Waals surface area contributed by atoms with Crippen LogP contribution >= 0.6 is 11.3 Å². The van der Waals surface area contributed by atoms with E-state index in [-0.39, 0.29) is 18.1 Å². The van der Waals surface area contributed by atoms with Gasteiger partial charge in [0.1, 0.15) is 6.17 Å². The molecule has 3 nitrogen and oxygen atoms in total. The number of aryl methyl sites for hydroxylation is 1. The van der Waals surface area contributed by atoms with E-state index in [1.807, 2.05) is 11.9 Å². The number of hydrogen-bond acceptors (Lipinski definition) is 3. The van der Waals surface area contributed by atoms with Crippen LogP contribution in [0.25, 0.3) is 0 Å². The molecule has 16 heavy (non-hydrogen) atoms.